The van der Waals surface area contributed by atoms with Crippen LogP contribution in [-0.4, -0.2) is 17.6 Å². The second-order valence-electron chi connectivity index (χ2n) is 3.90. The molecular formula is C14H12F2N2O2. The fourth-order valence-electron chi connectivity index (χ4n) is 1.60. The van der Waals surface area contributed by atoms with Crippen LogP contribution in [0.3, 0.4) is 0 Å². The van der Waals surface area contributed by atoms with Crippen molar-refractivity contribution in [3.8, 4) is 0 Å². The number of nitrogens with zero attached hydrogens (tertiary/aromatic N) is 1. The van der Waals surface area contributed by atoms with Crippen molar-refractivity contribution >= 4 is 17.3 Å². The molecule has 0 saturated heterocycles. The molecule has 0 spiro atoms. The molecule has 0 aliphatic heterocycles. The Morgan fingerprint density at radius 3 is 2.65 bits per heavy atom. The van der Waals surface area contributed by atoms with E-state index in [9.17, 15) is 13.6 Å². The van der Waals surface area contributed by atoms with E-state index in [1.807, 2.05) is 0 Å². The first-order chi connectivity index (χ1) is 9.61. The molecule has 1 heterocycles. The van der Waals surface area contributed by atoms with Gasteiger partial charge in [-0.15, -0.1) is 0 Å². The maximum Gasteiger partial charge on any atom is 0.339 e. The number of carbonyl (C=O) groups is 1. The highest BCUT2D eigenvalue weighted by Gasteiger charge is 2.11. The van der Waals surface area contributed by atoms with Gasteiger partial charge < -0.3 is 10.1 Å². The maximum atomic E-state index is 13.5. The number of ether oxygens (including phenoxy) is 1. The summed E-state index contributed by atoms with van der Waals surface area (Å²) < 4.78 is 31.8. The molecule has 1 aromatic heterocycles. The SMILES string of the molecule is CCOC(=O)c1cncc(Nc2c(F)cccc2F)c1. The molecule has 0 radical (unpaired) electrons. The van der Waals surface area contributed by atoms with Gasteiger partial charge in [0.1, 0.15) is 17.3 Å². The van der Waals surface area contributed by atoms with Crippen molar-refractivity contribution in [2.24, 2.45) is 0 Å². The number of para-hydroxylation sites is 1. The van der Waals surface area contributed by atoms with Gasteiger partial charge in [-0.05, 0) is 25.1 Å². The molecule has 4 nitrogen and oxygen atoms in total. The van der Waals surface area contributed by atoms with Crippen LogP contribution in [0.2, 0.25) is 0 Å². The molecule has 1 aromatic carbocycles. The van der Waals surface area contributed by atoms with Gasteiger partial charge >= 0.3 is 5.97 Å². The van der Waals surface area contributed by atoms with E-state index in [0.717, 1.165) is 12.1 Å². The number of pyridine rings is 1. The molecule has 0 bridgehead atoms. The molecule has 0 aliphatic carbocycles. The molecule has 0 atom stereocenters. The molecule has 0 saturated carbocycles. The molecule has 0 amide bonds. The fourth-order valence-corrected chi connectivity index (χ4v) is 1.60. The van der Waals surface area contributed by atoms with Crippen LogP contribution in [0.4, 0.5) is 20.2 Å². The smallest absolute Gasteiger partial charge is 0.339 e. The van der Waals surface area contributed by atoms with Gasteiger partial charge in [0.25, 0.3) is 0 Å². The van der Waals surface area contributed by atoms with Crippen LogP contribution < -0.4 is 5.32 Å². The number of hydrogen-bond acceptors (Lipinski definition) is 4. The standard InChI is InChI=1S/C14H12F2N2O2/c1-2-20-14(19)9-6-10(8-17-7-9)18-13-11(15)4-3-5-12(13)16/h3-8,18H,2H2,1H3. The van der Waals surface area contributed by atoms with Gasteiger partial charge in [0.05, 0.1) is 24.1 Å². The second-order valence-corrected chi connectivity index (χ2v) is 3.90. The lowest BCUT2D eigenvalue weighted by Crippen LogP contribution is -2.06. The Labute approximate surface area is 114 Å². The first kappa shape index (κ1) is 13.9. The number of nitrogens with one attached hydrogen (secondary N) is 1. The summed E-state index contributed by atoms with van der Waals surface area (Å²) in [5, 5.41) is 2.56. The summed E-state index contributed by atoms with van der Waals surface area (Å²) in [5.74, 6) is -2.00. The molecule has 2 rings (SSSR count). The highest BCUT2D eigenvalue weighted by atomic mass is 19.1. The topological polar surface area (TPSA) is 51.2 Å². The summed E-state index contributed by atoms with van der Waals surface area (Å²) in [6, 6.07) is 4.95. The Hall–Kier alpha value is -2.50. The molecule has 6 heteroatoms. The van der Waals surface area contributed by atoms with Gasteiger partial charge in [0.2, 0.25) is 0 Å². The highest BCUT2D eigenvalue weighted by molar-refractivity contribution is 5.90. The van der Waals surface area contributed by atoms with Gasteiger partial charge in [0.15, 0.2) is 0 Å². The first-order valence-electron chi connectivity index (χ1n) is 5.95. The van der Waals surface area contributed by atoms with Crippen LogP contribution >= 0.6 is 0 Å². The quantitative estimate of drug-likeness (QED) is 0.872. The van der Waals surface area contributed by atoms with Crippen LogP contribution in [0.5, 0.6) is 0 Å². The van der Waals surface area contributed by atoms with Crippen LogP contribution in [0.1, 0.15) is 17.3 Å². The monoisotopic (exact) mass is 278 g/mol. The third kappa shape index (κ3) is 3.09. The largest absolute Gasteiger partial charge is 0.462 e. The van der Waals surface area contributed by atoms with Gasteiger partial charge in [0, 0.05) is 6.20 Å². The molecule has 0 unspecified atom stereocenters. The van der Waals surface area contributed by atoms with Crippen molar-refractivity contribution in [3.05, 3.63) is 53.9 Å². The van der Waals surface area contributed by atoms with Crippen LogP contribution in [0.15, 0.2) is 36.7 Å². The Balaban J connectivity index is 2.26. The van der Waals surface area contributed by atoms with E-state index in [1.54, 1.807) is 6.92 Å². The van der Waals surface area contributed by atoms with E-state index in [4.69, 9.17) is 4.74 Å². The zero-order valence-corrected chi connectivity index (χ0v) is 10.7. The summed E-state index contributed by atoms with van der Waals surface area (Å²) in [7, 11) is 0. The number of esters is 1. The van der Waals surface area contributed by atoms with Crippen molar-refractivity contribution in [1.82, 2.24) is 4.98 Å². The molecule has 20 heavy (non-hydrogen) atoms. The lowest BCUT2D eigenvalue weighted by molar-refractivity contribution is 0.0526. The average Bonchev–Trinajstić information content (AvgIpc) is 2.44. The van der Waals surface area contributed by atoms with Crippen LogP contribution in [-0.2, 0) is 4.74 Å². The van der Waals surface area contributed by atoms with E-state index in [1.165, 1.54) is 24.5 Å². The third-order valence-corrected chi connectivity index (χ3v) is 2.48. The normalized spacial score (nSPS) is 10.2. The lowest BCUT2D eigenvalue weighted by Gasteiger charge is -2.09. The predicted molar refractivity (Wildman–Crippen MR) is 69.8 cm³/mol. The lowest BCUT2D eigenvalue weighted by atomic mass is 10.2. The van der Waals surface area contributed by atoms with Crippen molar-refractivity contribution in [1.29, 1.82) is 0 Å². The Kier molecular flexibility index (Phi) is 4.24. The summed E-state index contributed by atoms with van der Waals surface area (Å²) in [6.07, 6.45) is 2.68. The fraction of sp³-hybridized carbons (Fsp3) is 0.143. The van der Waals surface area contributed by atoms with E-state index < -0.39 is 17.6 Å². The zero-order valence-electron chi connectivity index (χ0n) is 10.7. The number of aromatic nitrogens is 1. The molecule has 0 fully saturated rings. The number of rotatable bonds is 4. The third-order valence-electron chi connectivity index (χ3n) is 2.48. The number of carbonyl (C=O) groups excluding carboxylic acids is 1. The second kappa shape index (κ2) is 6.10. The van der Waals surface area contributed by atoms with Crippen molar-refractivity contribution in [2.45, 2.75) is 6.92 Å². The van der Waals surface area contributed by atoms with Crippen LogP contribution in [0.25, 0.3) is 0 Å². The summed E-state index contributed by atoms with van der Waals surface area (Å²) in [4.78, 5) is 15.4. The van der Waals surface area contributed by atoms with Gasteiger partial charge in [-0.3, -0.25) is 4.98 Å². The molecule has 2 aromatic rings. The Bertz CT molecular complexity index is 612. The number of hydrogen-bond donors (Lipinski definition) is 1. The number of benzene rings is 1. The highest BCUT2D eigenvalue weighted by Crippen LogP contribution is 2.23. The average molecular weight is 278 g/mol. The number of anilines is 2. The summed E-state index contributed by atoms with van der Waals surface area (Å²) in [5.41, 5.74) is 0.198. The van der Waals surface area contributed by atoms with Crippen molar-refractivity contribution in [3.63, 3.8) is 0 Å². The van der Waals surface area contributed by atoms with E-state index >= 15 is 0 Å². The van der Waals surface area contributed by atoms with Crippen LogP contribution in [0, 0.1) is 11.6 Å². The minimum Gasteiger partial charge on any atom is -0.462 e. The predicted octanol–water partition coefficient (Wildman–Crippen LogP) is 3.28. The van der Waals surface area contributed by atoms with E-state index in [2.05, 4.69) is 10.3 Å². The Morgan fingerprint density at radius 1 is 1.30 bits per heavy atom. The van der Waals surface area contributed by atoms with Crippen molar-refractivity contribution < 1.29 is 18.3 Å². The molecule has 104 valence electrons. The van der Waals surface area contributed by atoms with Gasteiger partial charge in [-0.25, -0.2) is 13.6 Å². The van der Waals surface area contributed by atoms with E-state index in [0.29, 0.717) is 5.69 Å². The minimum absolute atomic E-state index is 0.202. The summed E-state index contributed by atoms with van der Waals surface area (Å²) in [6.45, 7) is 1.92. The number of halogens is 2. The minimum atomic E-state index is -0.730. The van der Waals surface area contributed by atoms with Gasteiger partial charge in [-0.1, -0.05) is 6.07 Å². The van der Waals surface area contributed by atoms with E-state index in [-0.39, 0.29) is 17.9 Å². The Morgan fingerprint density at radius 2 is 2.00 bits per heavy atom. The van der Waals surface area contributed by atoms with Gasteiger partial charge in [-0.2, -0.15) is 0 Å². The summed E-state index contributed by atoms with van der Waals surface area (Å²) >= 11 is 0. The van der Waals surface area contributed by atoms with Crippen molar-refractivity contribution in [2.75, 3.05) is 11.9 Å². The molecular weight excluding hydrogens is 266 g/mol. The molecule has 1 N–H and O–H groups in total. The first-order valence-corrected chi connectivity index (χ1v) is 5.95. The molecule has 0 aliphatic rings. The maximum absolute atomic E-state index is 13.5. The zero-order chi connectivity index (χ0) is 14.5.